The normalized spacial score (nSPS) is 18.7. The number of carbonyl (C=O) groups excluding carboxylic acids is 1. The molecule has 2 aromatic carbocycles. The molecule has 1 fully saturated rings. The van der Waals surface area contributed by atoms with Gasteiger partial charge in [-0.2, -0.15) is 0 Å². The molecule has 1 amide bonds. The Balaban J connectivity index is 1.58. The van der Waals surface area contributed by atoms with Crippen molar-refractivity contribution < 1.29 is 13.2 Å². The molecule has 0 aromatic heterocycles. The quantitative estimate of drug-likeness (QED) is 0.761. The van der Waals surface area contributed by atoms with Gasteiger partial charge in [0.2, 0.25) is 5.91 Å². The zero-order valence-corrected chi connectivity index (χ0v) is 15.6. The lowest BCUT2D eigenvalue weighted by molar-refractivity contribution is -0.121. The molecule has 2 aromatic rings. The molecular formula is C21H25NO3S. The van der Waals surface area contributed by atoms with E-state index in [2.05, 4.69) is 5.32 Å². The molecular weight excluding hydrogens is 346 g/mol. The van der Waals surface area contributed by atoms with E-state index in [9.17, 15) is 13.2 Å². The molecule has 0 aliphatic carbocycles. The minimum atomic E-state index is -2.82. The zero-order chi connectivity index (χ0) is 18.4. The lowest BCUT2D eigenvalue weighted by atomic mass is 9.90. The maximum Gasteiger partial charge on any atom is 0.232 e. The summed E-state index contributed by atoms with van der Waals surface area (Å²) in [4.78, 5) is 12.8. The van der Waals surface area contributed by atoms with Crippen LogP contribution >= 0.6 is 0 Å². The van der Waals surface area contributed by atoms with Crippen LogP contribution in [0, 0.1) is 5.92 Å². The van der Waals surface area contributed by atoms with Gasteiger partial charge in [0.05, 0.1) is 17.4 Å². The van der Waals surface area contributed by atoms with Gasteiger partial charge in [-0.1, -0.05) is 60.7 Å². The Hall–Kier alpha value is -2.14. The predicted octanol–water partition coefficient (Wildman–Crippen LogP) is 3.15. The number of rotatable bonds is 7. The average Bonchev–Trinajstić information content (AvgIpc) is 3.00. The highest BCUT2D eigenvalue weighted by Crippen LogP contribution is 2.25. The van der Waals surface area contributed by atoms with Gasteiger partial charge in [0.25, 0.3) is 0 Å². The van der Waals surface area contributed by atoms with Crippen LogP contribution in [0.3, 0.4) is 0 Å². The monoisotopic (exact) mass is 371 g/mol. The number of benzene rings is 2. The lowest BCUT2D eigenvalue weighted by Gasteiger charge is -2.18. The van der Waals surface area contributed by atoms with Crippen molar-refractivity contribution in [1.82, 2.24) is 5.32 Å². The molecule has 1 aliphatic rings. The third-order valence-corrected chi connectivity index (χ3v) is 6.78. The highest BCUT2D eigenvalue weighted by Gasteiger charge is 2.27. The van der Waals surface area contributed by atoms with Gasteiger partial charge < -0.3 is 5.32 Å². The van der Waals surface area contributed by atoms with Gasteiger partial charge in [-0.05, 0) is 36.3 Å². The first-order valence-electron chi connectivity index (χ1n) is 9.13. The summed E-state index contributed by atoms with van der Waals surface area (Å²) in [6, 6.07) is 19.6. The highest BCUT2D eigenvalue weighted by molar-refractivity contribution is 7.91. The van der Waals surface area contributed by atoms with Crippen molar-refractivity contribution in [3.8, 4) is 0 Å². The van der Waals surface area contributed by atoms with Crippen molar-refractivity contribution in [2.24, 2.45) is 5.92 Å². The Labute approximate surface area is 155 Å². The van der Waals surface area contributed by atoms with E-state index in [4.69, 9.17) is 0 Å². The average molecular weight is 372 g/mol. The maximum absolute atomic E-state index is 12.8. The van der Waals surface area contributed by atoms with E-state index >= 15 is 0 Å². The fraction of sp³-hybridized carbons (Fsp3) is 0.381. The van der Waals surface area contributed by atoms with Gasteiger partial charge in [-0.3, -0.25) is 4.79 Å². The van der Waals surface area contributed by atoms with E-state index < -0.39 is 9.84 Å². The van der Waals surface area contributed by atoms with Crippen LogP contribution in [-0.2, 0) is 14.6 Å². The fourth-order valence-electron chi connectivity index (χ4n) is 3.59. The smallest absolute Gasteiger partial charge is 0.232 e. The first-order chi connectivity index (χ1) is 12.6. The molecule has 1 aliphatic heterocycles. The molecule has 0 saturated carbocycles. The summed E-state index contributed by atoms with van der Waals surface area (Å²) in [6.07, 6.45) is 2.41. The van der Waals surface area contributed by atoms with Gasteiger partial charge >= 0.3 is 0 Å². The number of sulfone groups is 1. The predicted molar refractivity (Wildman–Crippen MR) is 104 cm³/mol. The van der Waals surface area contributed by atoms with Gasteiger partial charge in [-0.15, -0.1) is 0 Å². The third kappa shape index (κ3) is 4.94. The minimum Gasteiger partial charge on any atom is -0.355 e. The van der Waals surface area contributed by atoms with Crippen LogP contribution in [0.15, 0.2) is 60.7 Å². The van der Waals surface area contributed by atoms with Crippen LogP contribution in [0.2, 0.25) is 0 Å². The maximum atomic E-state index is 12.8. The number of hydrogen-bond acceptors (Lipinski definition) is 3. The second-order valence-corrected chi connectivity index (χ2v) is 9.19. The molecule has 1 N–H and O–H groups in total. The number of nitrogens with one attached hydrogen (secondary N) is 1. The van der Waals surface area contributed by atoms with E-state index in [0.29, 0.717) is 18.1 Å². The van der Waals surface area contributed by atoms with Crippen LogP contribution in [-0.4, -0.2) is 32.4 Å². The molecule has 1 saturated heterocycles. The molecule has 4 nitrogen and oxygen atoms in total. The van der Waals surface area contributed by atoms with Crippen molar-refractivity contribution in [2.75, 3.05) is 18.1 Å². The molecule has 1 atom stereocenters. The van der Waals surface area contributed by atoms with E-state index in [1.54, 1.807) is 0 Å². The molecule has 0 bridgehead atoms. The van der Waals surface area contributed by atoms with Crippen molar-refractivity contribution in [1.29, 1.82) is 0 Å². The molecule has 1 heterocycles. The summed E-state index contributed by atoms with van der Waals surface area (Å²) in [6.45, 7) is 0.575. The number of carbonyl (C=O) groups is 1. The van der Waals surface area contributed by atoms with Crippen LogP contribution < -0.4 is 5.32 Å². The molecule has 0 radical (unpaired) electrons. The fourth-order valence-corrected chi connectivity index (χ4v) is 5.50. The van der Waals surface area contributed by atoms with Crippen molar-refractivity contribution in [2.45, 2.75) is 25.2 Å². The van der Waals surface area contributed by atoms with Gasteiger partial charge in [0.15, 0.2) is 9.84 Å². The van der Waals surface area contributed by atoms with Crippen LogP contribution in [0.4, 0.5) is 0 Å². The van der Waals surface area contributed by atoms with Crippen molar-refractivity contribution >= 4 is 15.7 Å². The molecule has 3 rings (SSSR count). The minimum absolute atomic E-state index is 0.0126. The summed E-state index contributed by atoms with van der Waals surface area (Å²) in [5, 5.41) is 3.04. The SMILES string of the molecule is O=C(NCCCC1CCS(=O)(=O)C1)C(c1ccccc1)c1ccccc1. The first-order valence-corrected chi connectivity index (χ1v) is 11.0. The standard InChI is InChI=1S/C21H25NO3S/c23-21(22-14-7-8-17-13-15-26(24,25)16-17)20(18-9-3-1-4-10-18)19-11-5-2-6-12-19/h1-6,9-12,17,20H,7-8,13-16H2,(H,22,23). The van der Waals surface area contributed by atoms with E-state index in [0.717, 1.165) is 30.4 Å². The second-order valence-electron chi connectivity index (χ2n) is 6.96. The Morgan fingerprint density at radius 1 is 1.00 bits per heavy atom. The summed E-state index contributed by atoms with van der Waals surface area (Å²) < 4.78 is 23.0. The van der Waals surface area contributed by atoms with Gasteiger partial charge in [0.1, 0.15) is 0 Å². The molecule has 138 valence electrons. The van der Waals surface area contributed by atoms with Crippen molar-refractivity contribution in [3.05, 3.63) is 71.8 Å². The summed E-state index contributed by atoms with van der Waals surface area (Å²) in [7, 11) is -2.82. The summed E-state index contributed by atoms with van der Waals surface area (Å²) in [5.74, 6) is 0.521. The summed E-state index contributed by atoms with van der Waals surface area (Å²) >= 11 is 0. The Morgan fingerprint density at radius 2 is 1.58 bits per heavy atom. The molecule has 26 heavy (non-hydrogen) atoms. The second kappa shape index (κ2) is 8.49. The van der Waals surface area contributed by atoms with E-state index in [1.807, 2.05) is 60.7 Å². The molecule has 0 spiro atoms. The third-order valence-electron chi connectivity index (χ3n) is 4.94. The van der Waals surface area contributed by atoms with E-state index in [-0.39, 0.29) is 17.7 Å². The Bertz CT molecular complexity index is 779. The van der Waals surface area contributed by atoms with Crippen LogP contribution in [0.5, 0.6) is 0 Å². The summed E-state index contributed by atoms with van der Waals surface area (Å²) in [5.41, 5.74) is 1.94. The van der Waals surface area contributed by atoms with Gasteiger partial charge in [-0.25, -0.2) is 8.42 Å². The van der Waals surface area contributed by atoms with E-state index in [1.165, 1.54) is 0 Å². The lowest BCUT2D eigenvalue weighted by Crippen LogP contribution is -2.31. The Kier molecular flexibility index (Phi) is 6.09. The topological polar surface area (TPSA) is 63.2 Å². The van der Waals surface area contributed by atoms with Crippen LogP contribution in [0.25, 0.3) is 0 Å². The first kappa shape index (κ1) is 18.6. The zero-order valence-electron chi connectivity index (χ0n) is 14.8. The molecule has 5 heteroatoms. The van der Waals surface area contributed by atoms with Crippen molar-refractivity contribution in [3.63, 3.8) is 0 Å². The number of amides is 1. The highest BCUT2D eigenvalue weighted by atomic mass is 32.2. The van der Waals surface area contributed by atoms with Crippen LogP contribution in [0.1, 0.15) is 36.3 Å². The largest absolute Gasteiger partial charge is 0.355 e. The molecule has 1 unspecified atom stereocenters. The van der Waals surface area contributed by atoms with Gasteiger partial charge in [0, 0.05) is 6.54 Å². The Morgan fingerprint density at radius 3 is 2.08 bits per heavy atom. The number of hydrogen-bond donors (Lipinski definition) is 1.